The maximum Gasteiger partial charge on any atom is 0.266 e. The van der Waals surface area contributed by atoms with Crippen molar-refractivity contribution in [2.45, 2.75) is 40.5 Å². The van der Waals surface area contributed by atoms with Gasteiger partial charge in [0.05, 0.1) is 15.8 Å². The zero-order valence-electron chi connectivity index (χ0n) is 15.2. The molecule has 0 spiro atoms. The number of H-pyrrole nitrogens is 1. The first-order valence-electron chi connectivity index (χ1n) is 8.49. The van der Waals surface area contributed by atoms with E-state index in [9.17, 15) is 9.59 Å². The summed E-state index contributed by atoms with van der Waals surface area (Å²) in [6.07, 6.45) is 5.46. The Balaban J connectivity index is 2.23. The van der Waals surface area contributed by atoms with Gasteiger partial charge in [-0.25, -0.2) is 0 Å². The second-order valence-corrected chi connectivity index (χ2v) is 8.04. The Morgan fingerprint density at radius 3 is 2.52 bits per heavy atom. The van der Waals surface area contributed by atoms with E-state index in [1.807, 2.05) is 51.1 Å². The number of Topliss-reactive ketones (excluding diaryl/α,β-unsaturated/α-hetero) is 1. The molecule has 25 heavy (non-hydrogen) atoms. The van der Waals surface area contributed by atoms with Gasteiger partial charge in [0, 0.05) is 11.5 Å². The Morgan fingerprint density at radius 1 is 1.24 bits per heavy atom. The van der Waals surface area contributed by atoms with Crippen LogP contribution in [0.15, 0.2) is 29.1 Å². The SMILES string of the molecule is CCCCOc1ccc(/C=c2\s/c(=C\C(=O)C(C)(C)C)[nH]c2=O)cc1. The predicted octanol–water partition coefficient (Wildman–Crippen LogP) is 2.84. The van der Waals surface area contributed by atoms with Gasteiger partial charge in [-0.05, 0) is 30.2 Å². The van der Waals surface area contributed by atoms with Crippen LogP contribution in [0.25, 0.3) is 12.2 Å². The van der Waals surface area contributed by atoms with E-state index >= 15 is 0 Å². The summed E-state index contributed by atoms with van der Waals surface area (Å²) < 4.78 is 6.79. The molecule has 2 aromatic rings. The average Bonchev–Trinajstić information content (AvgIpc) is 2.88. The Morgan fingerprint density at radius 2 is 1.92 bits per heavy atom. The third-order valence-corrected chi connectivity index (χ3v) is 4.59. The van der Waals surface area contributed by atoms with Crippen molar-refractivity contribution in [1.29, 1.82) is 0 Å². The topological polar surface area (TPSA) is 59.2 Å². The van der Waals surface area contributed by atoms with Crippen LogP contribution in [0, 0.1) is 5.41 Å². The second kappa shape index (κ2) is 8.30. The van der Waals surface area contributed by atoms with Gasteiger partial charge in [0.25, 0.3) is 5.56 Å². The summed E-state index contributed by atoms with van der Waals surface area (Å²) in [6, 6.07) is 7.65. The van der Waals surface area contributed by atoms with Crippen LogP contribution >= 0.6 is 11.3 Å². The summed E-state index contributed by atoms with van der Waals surface area (Å²) >= 11 is 1.29. The number of ether oxygens (including phenoxy) is 1. The Hall–Kier alpha value is -2.14. The van der Waals surface area contributed by atoms with Crippen LogP contribution in [0.4, 0.5) is 0 Å². The molecule has 4 nitrogen and oxygen atoms in total. The van der Waals surface area contributed by atoms with Gasteiger partial charge in [-0.3, -0.25) is 9.59 Å². The zero-order valence-corrected chi connectivity index (χ0v) is 16.0. The van der Waals surface area contributed by atoms with Gasteiger partial charge >= 0.3 is 0 Å². The molecule has 2 rings (SSSR count). The van der Waals surface area contributed by atoms with E-state index in [1.54, 1.807) is 0 Å². The first-order chi connectivity index (χ1) is 11.8. The number of benzene rings is 1. The van der Waals surface area contributed by atoms with Crippen LogP contribution in [-0.2, 0) is 4.79 Å². The highest BCUT2D eigenvalue weighted by Crippen LogP contribution is 2.15. The molecule has 0 aliphatic carbocycles. The largest absolute Gasteiger partial charge is 0.494 e. The first kappa shape index (κ1) is 19.2. The number of aromatic nitrogens is 1. The van der Waals surface area contributed by atoms with Crippen molar-refractivity contribution in [3.05, 3.63) is 49.4 Å². The highest BCUT2D eigenvalue weighted by molar-refractivity contribution is 7.07. The van der Waals surface area contributed by atoms with Crippen LogP contribution in [0.1, 0.15) is 46.1 Å². The molecule has 1 aromatic carbocycles. The highest BCUT2D eigenvalue weighted by Gasteiger charge is 2.18. The predicted molar refractivity (Wildman–Crippen MR) is 104 cm³/mol. The molecule has 0 saturated heterocycles. The van der Waals surface area contributed by atoms with Crippen LogP contribution < -0.4 is 19.5 Å². The molecule has 0 amide bonds. The number of unbranched alkanes of at least 4 members (excludes halogenated alkanes) is 1. The zero-order chi connectivity index (χ0) is 18.4. The molecule has 0 radical (unpaired) electrons. The van der Waals surface area contributed by atoms with E-state index in [-0.39, 0.29) is 11.3 Å². The summed E-state index contributed by atoms with van der Waals surface area (Å²) in [5.41, 5.74) is 0.281. The van der Waals surface area contributed by atoms with Crippen molar-refractivity contribution in [2.75, 3.05) is 6.61 Å². The molecule has 0 aliphatic rings. The third kappa shape index (κ3) is 5.71. The van der Waals surface area contributed by atoms with Crippen LogP contribution in [0.2, 0.25) is 0 Å². The summed E-state index contributed by atoms with van der Waals surface area (Å²) in [4.78, 5) is 26.9. The highest BCUT2D eigenvalue weighted by atomic mass is 32.1. The summed E-state index contributed by atoms with van der Waals surface area (Å²) in [6.45, 7) is 8.41. The molecule has 134 valence electrons. The second-order valence-electron chi connectivity index (χ2n) is 6.96. The minimum absolute atomic E-state index is 0.00914. The van der Waals surface area contributed by atoms with E-state index in [1.165, 1.54) is 17.4 Å². The Labute approximate surface area is 151 Å². The van der Waals surface area contributed by atoms with Gasteiger partial charge in [0.2, 0.25) is 0 Å². The van der Waals surface area contributed by atoms with E-state index in [0.717, 1.165) is 24.2 Å². The lowest BCUT2D eigenvalue weighted by Crippen LogP contribution is -2.22. The monoisotopic (exact) mass is 359 g/mol. The van der Waals surface area contributed by atoms with Gasteiger partial charge in [0.15, 0.2) is 5.78 Å². The van der Waals surface area contributed by atoms with Gasteiger partial charge < -0.3 is 9.72 Å². The molecule has 5 heteroatoms. The number of carbonyl (C=O) groups is 1. The normalized spacial score (nSPS) is 13.3. The lowest BCUT2D eigenvalue weighted by molar-refractivity contribution is -0.119. The van der Waals surface area contributed by atoms with Gasteiger partial charge in [-0.2, -0.15) is 0 Å². The maximum absolute atomic E-state index is 12.1. The lowest BCUT2D eigenvalue weighted by atomic mass is 9.91. The van der Waals surface area contributed by atoms with Crippen LogP contribution in [-0.4, -0.2) is 17.4 Å². The molecule has 1 heterocycles. The molecule has 0 aliphatic heterocycles. The number of ketones is 1. The summed E-state index contributed by atoms with van der Waals surface area (Å²) in [5, 5.41) is 0. The number of hydrogen-bond donors (Lipinski definition) is 1. The average molecular weight is 359 g/mol. The summed E-state index contributed by atoms with van der Waals surface area (Å²) in [5.74, 6) is 0.820. The molecular weight excluding hydrogens is 334 g/mol. The molecule has 0 atom stereocenters. The maximum atomic E-state index is 12.1. The van der Waals surface area contributed by atoms with E-state index in [2.05, 4.69) is 11.9 Å². The smallest absolute Gasteiger partial charge is 0.266 e. The van der Waals surface area contributed by atoms with Gasteiger partial charge in [-0.15, -0.1) is 11.3 Å². The molecule has 0 fully saturated rings. The molecule has 0 bridgehead atoms. The number of rotatable bonds is 6. The van der Waals surface area contributed by atoms with Crippen molar-refractivity contribution >= 4 is 29.3 Å². The van der Waals surface area contributed by atoms with Crippen molar-refractivity contribution in [1.82, 2.24) is 4.98 Å². The number of aromatic amines is 1. The molecule has 1 aromatic heterocycles. The third-order valence-electron chi connectivity index (χ3n) is 3.63. The Bertz CT molecular complexity index is 883. The minimum atomic E-state index is -0.460. The van der Waals surface area contributed by atoms with Crippen molar-refractivity contribution in [2.24, 2.45) is 5.41 Å². The lowest BCUT2D eigenvalue weighted by Gasteiger charge is -2.12. The molecule has 1 N–H and O–H groups in total. The van der Waals surface area contributed by atoms with E-state index in [0.29, 0.717) is 15.8 Å². The number of hydrogen-bond acceptors (Lipinski definition) is 4. The fourth-order valence-electron chi connectivity index (χ4n) is 2.01. The fourth-order valence-corrected chi connectivity index (χ4v) is 2.89. The van der Waals surface area contributed by atoms with Gasteiger partial charge in [0.1, 0.15) is 5.75 Å². The van der Waals surface area contributed by atoms with E-state index in [4.69, 9.17) is 4.74 Å². The molecule has 0 unspecified atom stereocenters. The van der Waals surface area contributed by atoms with Crippen molar-refractivity contribution in [3.63, 3.8) is 0 Å². The minimum Gasteiger partial charge on any atom is -0.494 e. The number of thiazole rings is 1. The number of carbonyl (C=O) groups excluding carboxylic acids is 1. The van der Waals surface area contributed by atoms with Crippen molar-refractivity contribution < 1.29 is 9.53 Å². The standard InChI is InChI=1S/C20H25NO3S/c1-5-6-11-24-15-9-7-14(8-10-15)12-16-19(23)21-18(25-16)13-17(22)20(2,3)4/h7-10,12-13H,5-6,11H2,1-4H3,(H,21,23)/b16-12-,18-13-. The van der Waals surface area contributed by atoms with Gasteiger partial charge in [-0.1, -0.05) is 46.2 Å². The first-order valence-corrected chi connectivity index (χ1v) is 9.31. The molecular formula is C20H25NO3S. The summed E-state index contributed by atoms with van der Waals surface area (Å²) in [7, 11) is 0. The fraction of sp³-hybridized carbons (Fsp3) is 0.400. The van der Waals surface area contributed by atoms with Crippen molar-refractivity contribution in [3.8, 4) is 5.75 Å². The van der Waals surface area contributed by atoms with Crippen LogP contribution in [0.3, 0.4) is 0 Å². The van der Waals surface area contributed by atoms with E-state index < -0.39 is 5.41 Å². The molecule has 0 saturated carbocycles. The number of nitrogens with one attached hydrogen (secondary N) is 1. The van der Waals surface area contributed by atoms with Crippen LogP contribution in [0.5, 0.6) is 5.75 Å². The quantitative estimate of drug-likeness (QED) is 0.807. The Kier molecular flexibility index (Phi) is 6.37.